The van der Waals surface area contributed by atoms with Crippen LogP contribution in [0, 0.1) is 5.41 Å². The summed E-state index contributed by atoms with van der Waals surface area (Å²) in [5.74, 6) is -0.289. The molecule has 5 nitrogen and oxygen atoms in total. The summed E-state index contributed by atoms with van der Waals surface area (Å²) < 4.78 is 4.61. The zero-order chi connectivity index (χ0) is 13.6. The molecule has 0 unspecified atom stereocenters. The summed E-state index contributed by atoms with van der Waals surface area (Å²) in [7, 11) is 3.02. The first-order chi connectivity index (χ1) is 8.55. The number of piperidine rings is 1. The van der Waals surface area contributed by atoms with Crippen molar-refractivity contribution in [3.8, 4) is 0 Å². The van der Waals surface area contributed by atoms with Gasteiger partial charge in [0.05, 0.1) is 12.5 Å². The Labute approximate surface area is 109 Å². The lowest BCUT2D eigenvalue weighted by Crippen LogP contribution is -2.49. The van der Waals surface area contributed by atoms with Crippen molar-refractivity contribution >= 4 is 11.9 Å². The Morgan fingerprint density at radius 1 is 1.33 bits per heavy atom. The van der Waals surface area contributed by atoms with Gasteiger partial charge in [0.1, 0.15) is 6.54 Å². The molecule has 0 aromatic heterocycles. The highest BCUT2D eigenvalue weighted by Crippen LogP contribution is 2.35. The number of nitrogens with one attached hydrogen (secondary N) is 1. The number of esters is 1. The van der Waals surface area contributed by atoms with E-state index in [1.54, 1.807) is 7.05 Å². The highest BCUT2D eigenvalue weighted by atomic mass is 16.5. The molecule has 5 heteroatoms. The van der Waals surface area contributed by atoms with Gasteiger partial charge >= 0.3 is 5.97 Å². The molecule has 0 aromatic rings. The number of methoxy groups -OCH3 is 1. The first-order valence-corrected chi connectivity index (χ1v) is 6.59. The second-order valence-electron chi connectivity index (χ2n) is 5.02. The Morgan fingerprint density at radius 2 is 1.94 bits per heavy atom. The van der Waals surface area contributed by atoms with Crippen LogP contribution in [0.4, 0.5) is 0 Å². The van der Waals surface area contributed by atoms with Crippen LogP contribution >= 0.6 is 0 Å². The van der Waals surface area contributed by atoms with Gasteiger partial charge in [-0.05, 0) is 32.4 Å². The van der Waals surface area contributed by atoms with E-state index in [0.29, 0.717) is 0 Å². The average Bonchev–Trinajstić information content (AvgIpc) is 2.39. The van der Waals surface area contributed by atoms with Crippen molar-refractivity contribution in [2.24, 2.45) is 5.41 Å². The fourth-order valence-corrected chi connectivity index (χ4v) is 2.69. The lowest BCUT2D eigenvalue weighted by Gasteiger charge is -2.38. The molecule has 1 N–H and O–H groups in total. The molecule has 1 aliphatic rings. The summed E-state index contributed by atoms with van der Waals surface area (Å²) in [5, 5.41) is 3.28. The average molecular weight is 256 g/mol. The summed E-state index contributed by atoms with van der Waals surface area (Å²) >= 11 is 0. The molecule has 0 saturated carbocycles. The molecule has 0 spiro atoms. The van der Waals surface area contributed by atoms with E-state index in [9.17, 15) is 9.59 Å². The maximum atomic E-state index is 12.6. The summed E-state index contributed by atoms with van der Waals surface area (Å²) in [6.45, 7) is 3.88. The molecule has 1 fully saturated rings. The molecule has 0 radical (unpaired) electrons. The second kappa shape index (κ2) is 6.73. The first kappa shape index (κ1) is 15.0. The van der Waals surface area contributed by atoms with Gasteiger partial charge in [0.2, 0.25) is 5.91 Å². The molecule has 18 heavy (non-hydrogen) atoms. The molecule has 1 aliphatic heterocycles. The van der Waals surface area contributed by atoms with Gasteiger partial charge in [0, 0.05) is 7.05 Å². The Kier molecular flexibility index (Phi) is 5.59. The van der Waals surface area contributed by atoms with Gasteiger partial charge in [-0.2, -0.15) is 0 Å². The largest absolute Gasteiger partial charge is 0.468 e. The number of rotatable bonds is 5. The quantitative estimate of drug-likeness (QED) is 0.739. The zero-order valence-corrected chi connectivity index (χ0v) is 11.6. The van der Waals surface area contributed by atoms with Crippen LogP contribution in [0.2, 0.25) is 0 Å². The van der Waals surface area contributed by atoms with Crippen LogP contribution in [0.25, 0.3) is 0 Å². The molecule has 0 bridgehead atoms. The second-order valence-corrected chi connectivity index (χ2v) is 5.02. The monoisotopic (exact) mass is 256 g/mol. The minimum Gasteiger partial charge on any atom is -0.468 e. The molecule has 1 saturated heterocycles. The molecular formula is C13H24N2O3. The van der Waals surface area contributed by atoms with E-state index in [1.807, 2.05) is 0 Å². The molecule has 0 atom stereocenters. The van der Waals surface area contributed by atoms with E-state index in [0.717, 1.165) is 38.8 Å². The van der Waals surface area contributed by atoms with E-state index < -0.39 is 0 Å². The number of nitrogens with zero attached hydrogens (tertiary/aromatic N) is 1. The number of likely N-dealkylation sites (N-methyl/N-ethyl adjacent to an activating group) is 1. The van der Waals surface area contributed by atoms with Gasteiger partial charge in [-0.25, -0.2) is 0 Å². The maximum absolute atomic E-state index is 12.6. The van der Waals surface area contributed by atoms with Gasteiger partial charge < -0.3 is 15.0 Å². The summed E-state index contributed by atoms with van der Waals surface area (Å²) in [6.07, 6.45) is 3.58. The molecule has 1 rings (SSSR count). The topological polar surface area (TPSA) is 58.6 Å². The van der Waals surface area contributed by atoms with Gasteiger partial charge in [0.25, 0.3) is 0 Å². The predicted molar refractivity (Wildman–Crippen MR) is 69.1 cm³/mol. The van der Waals surface area contributed by atoms with Crippen molar-refractivity contribution < 1.29 is 14.3 Å². The normalized spacial score (nSPS) is 18.2. The fraction of sp³-hybridized carbons (Fsp3) is 0.846. The van der Waals surface area contributed by atoms with Crippen LogP contribution in [0.15, 0.2) is 0 Å². The van der Waals surface area contributed by atoms with Crippen LogP contribution in [0.1, 0.15) is 32.6 Å². The zero-order valence-electron chi connectivity index (χ0n) is 11.6. The highest BCUT2D eigenvalue weighted by molar-refractivity contribution is 5.86. The number of carbonyl (C=O) groups is 2. The molecule has 0 aromatic carbocycles. The number of amides is 1. The van der Waals surface area contributed by atoms with Crippen LogP contribution in [-0.4, -0.2) is 50.6 Å². The minimum atomic E-state index is -0.369. The Hall–Kier alpha value is -1.10. The summed E-state index contributed by atoms with van der Waals surface area (Å²) in [6, 6.07) is 0. The van der Waals surface area contributed by atoms with E-state index in [-0.39, 0.29) is 23.8 Å². The minimum absolute atomic E-state index is 0.0359. The number of carbonyl (C=O) groups excluding carboxylic acids is 2. The molecule has 104 valence electrons. The van der Waals surface area contributed by atoms with Gasteiger partial charge in [-0.3, -0.25) is 9.59 Å². The molecule has 1 heterocycles. The fourth-order valence-electron chi connectivity index (χ4n) is 2.69. The lowest BCUT2D eigenvalue weighted by molar-refractivity contribution is -0.151. The van der Waals surface area contributed by atoms with Crippen molar-refractivity contribution in [1.82, 2.24) is 10.2 Å². The molecular weight excluding hydrogens is 232 g/mol. The van der Waals surface area contributed by atoms with Crippen molar-refractivity contribution in [2.45, 2.75) is 32.6 Å². The van der Waals surface area contributed by atoms with Crippen LogP contribution in [0.3, 0.4) is 0 Å². The molecule has 0 aliphatic carbocycles. The predicted octanol–water partition coefficient (Wildman–Crippen LogP) is 0.788. The van der Waals surface area contributed by atoms with Crippen molar-refractivity contribution in [3.63, 3.8) is 0 Å². The smallest absolute Gasteiger partial charge is 0.325 e. The van der Waals surface area contributed by atoms with Crippen LogP contribution in [0.5, 0.6) is 0 Å². The van der Waals surface area contributed by atoms with Crippen LogP contribution < -0.4 is 5.32 Å². The van der Waals surface area contributed by atoms with Crippen LogP contribution in [-0.2, 0) is 14.3 Å². The Bertz CT molecular complexity index is 293. The third kappa shape index (κ3) is 3.45. The summed E-state index contributed by atoms with van der Waals surface area (Å²) in [5.41, 5.74) is -0.289. The van der Waals surface area contributed by atoms with Crippen molar-refractivity contribution in [3.05, 3.63) is 0 Å². The van der Waals surface area contributed by atoms with Gasteiger partial charge in [0.15, 0.2) is 0 Å². The van der Waals surface area contributed by atoms with E-state index in [2.05, 4.69) is 17.0 Å². The third-order valence-electron chi connectivity index (χ3n) is 3.68. The Morgan fingerprint density at radius 3 is 2.44 bits per heavy atom. The van der Waals surface area contributed by atoms with E-state index in [1.165, 1.54) is 12.0 Å². The SMILES string of the molecule is CCCC1(C(=O)N(C)CC(=O)OC)CCNCC1. The third-order valence-corrected chi connectivity index (χ3v) is 3.68. The van der Waals surface area contributed by atoms with Gasteiger partial charge in [-0.1, -0.05) is 13.3 Å². The molecule has 1 amide bonds. The lowest BCUT2D eigenvalue weighted by atomic mass is 9.74. The highest BCUT2D eigenvalue weighted by Gasteiger charge is 2.40. The number of ether oxygens (including phenoxy) is 1. The Balaban J connectivity index is 2.72. The maximum Gasteiger partial charge on any atom is 0.325 e. The standard InChI is InChI=1S/C13H24N2O3/c1-4-5-13(6-8-14-9-7-13)12(17)15(2)10-11(16)18-3/h14H,4-10H2,1-3H3. The van der Waals surface area contributed by atoms with E-state index >= 15 is 0 Å². The van der Waals surface area contributed by atoms with E-state index in [4.69, 9.17) is 0 Å². The van der Waals surface area contributed by atoms with Crippen molar-refractivity contribution in [2.75, 3.05) is 33.8 Å². The number of hydrogen-bond acceptors (Lipinski definition) is 4. The van der Waals surface area contributed by atoms with Crippen molar-refractivity contribution in [1.29, 1.82) is 0 Å². The van der Waals surface area contributed by atoms with Gasteiger partial charge in [-0.15, -0.1) is 0 Å². The summed E-state index contributed by atoms with van der Waals surface area (Å²) in [4.78, 5) is 25.3. The number of hydrogen-bond donors (Lipinski definition) is 1. The first-order valence-electron chi connectivity index (χ1n) is 6.59.